The Morgan fingerprint density at radius 2 is 1.68 bits per heavy atom. The van der Waals surface area contributed by atoms with Crippen LogP contribution in [0.5, 0.6) is 11.5 Å². The van der Waals surface area contributed by atoms with Gasteiger partial charge in [-0.2, -0.15) is 0 Å². The van der Waals surface area contributed by atoms with E-state index in [2.05, 4.69) is 20.0 Å². The third kappa shape index (κ3) is 6.09. The molecule has 2 N–H and O–H groups in total. The number of nitrogens with one attached hydrogen (secondary N) is 2. The maximum absolute atomic E-state index is 13.0. The lowest BCUT2D eigenvalue weighted by atomic mass is 10.2. The third-order valence-electron chi connectivity index (χ3n) is 5.32. The van der Waals surface area contributed by atoms with Gasteiger partial charge in [0.15, 0.2) is 11.5 Å². The second kappa shape index (κ2) is 10.2. The average molecular weight is 548 g/mol. The number of ether oxygens (including phenoxy) is 2. The molecule has 0 spiro atoms. The molecule has 1 amide bonds. The summed E-state index contributed by atoms with van der Waals surface area (Å²) in [6.45, 7) is 3.86. The quantitative estimate of drug-likeness (QED) is 0.431. The van der Waals surface area contributed by atoms with E-state index in [0.29, 0.717) is 30.4 Å². The second-order valence-corrected chi connectivity index (χ2v) is 11.7. The van der Waals surface area contributed by atoms with Crippen LogP contribution < -0.4 is 23.8 Å². The minimum Gasteiger partial charge on any atom is -0.486 e. The Balaban J connectivity index is 1.50. The van der Waals surface area contributed by atoms with Crippen molar-refractivity contribution in [1.82, 2.24) is 9.97 Å². The number of hydrogen-bond donors (Lipinski definition) is 2. The van der Waals surface area contributed by atoms with Crippen molar-refractivity contribution in [1.29, 1.82) is 0 Å². The van der Waals surface area contributed by atoms with E-state index in [9.17, 15) is 21.6 Å². The van der Waals surface area contributed by atoms with Crippen LogP contribution in [0.15, 0.2) is 59.6 Å². The molecule has 0 fully saturated rings. The van der Waals surface area contributed by atoms with Crippen molar-refractivity contribution < 1.29 is 31.1 Å². The molecule has 12 nitrogen and oxygen atoms in total. The van der Waals surface area contributed by atoms with Gasteiger partial charge in [0.2, 0.25) is 21.9 Å². The van der Waals surface area contributed by atoms with Gasteiger partial charge in [-0.05, 0) is 56.3 Å². The van der Waals surface area contributed by atoms with Crippen molar-refractivity contribution in [2.75, 3.05) is 33.8 Å². The minimum absolute atomic E-state index is 0.0637. The van der Waals surface area contributed by atoms with Crippen LogP contribution in [0.3, 0.4) is 0 Å². The molecule has 196 valence electrons. The first-order valence-corrected chi connectivity index (χ1v) is 14.4. The zero-order chi connectivity index (χ0) is 26.8. The molecule has 1 aliphatic heterocycles. The molecule has 1 atom stereocenters. The van der Waals surface area contributed by atoms with Crippen LogP contribution >= 0.6 is 0 Å². The van der Waals surface area contributed by atoms with Crippen molar-refractivity contribution in [2.24, 2.45) is 0 Å². The highest BCUT2D eigenvalue weighted by Crippen LogP contribution is 2.35. The third-order valence-corrected chi connectivity index (χ3v) is 7.91. The maximum atomic E-state index is 13.0. The van der Waals surface area contributed by atoms with Gasteiger partial charge < -0.3 is 14.8 Å². The lowest BCUT2D eigenvalue weighted by Gasteiger charge is -2.29. The summed E-state index contributed by atoms with van der Waals surface area (Å²) in [5.74, 6) is 0.180. The summed E-state index contributed by atoms with van der Waals surface area (Å²) in [7, 11) is -7.83. The number of aromatic nitrogens is 2. The topological polar surface area (TPSA) is 157 Å². The normalized spacial score (nSPS) is 13.9. The molecule has 0 aliphatic carbocycles. The van der Waals surface area contributed by atoms with Gasteiger partial charge in [0.1, 0.15) is 19.3 Å². The molecule has 0 radical (unpaired) electrons. The number of carbonyl (C=O) groups excluding carboxylic acids is 1. The Labute approximate surface area is 214 Å². The first-order chi connectivity index (χ1) is 17.4. The highest BCUT2D eigenvalue weighted by Gasteiger charge is 2.30. The molecule has 1 aromatic heterocycles. The number of rotatable bonds is 8. The molecule has 3 aromatic rings. The average Bonchev–Trinajstić information content (AvgIpc) is 2.83. The Morgan fingerprint density at radius 3 is 2.32 bits per heavy atom. The Bertz CT molecular complexity index is 1530. The van der Waals surface area contributed by atoms with Crippen molar-refractivity contribution >= 4 is 43.3 Å². The van der Waals surface area contributed by atoms with Crippen molar-refractivity contribution in [3.05, 3.63) is 60.4 Å². The van der Waals surface area contributed by atoms with Crippen LogP contribution in [0.2, 0.25) is 0 Å². The molecule has 0 saturated heterocycles. The van der Waals surface area contributed by atoms with Gasteiger partial charge in [-0.15, -0.1) is 0 Å². The van der Waals surface area contributed by atoms with Crippen LogP contribution in [0.4, 0.5) is 17.3 Å². The van der Waals surface area contributed by atoms with Crippen molar-refractivity contribution in [2.45, 2.75) is 24.8 Å². The molecule has 37 heavy (non-hydrogen) atoms. The molecular formula is C23H25N5O7S2. The predicted octanol–water partition coefficient (Wildman–Crippen LogP) is 2.15. The summed E-state index contributed by atoms with van der Waals surface area (Å²) >= 11 is 0. The summed E-state index contributed by atoms with van der Waals surface area (Å²) in [4.78, 5) is 20.8. The molecule has 0 unspecified atom stereocenters. The van der Waals surface area contributed by atoms with Gasteiger partial charge in [0.05, 0.1) is 16.8 Å². The van der Waals surface area contributed by atoms with Gasteiger partial charge >= 0.3 is 0 Å². The highest BCUT2D eigenvalue weighted by molar-refractivity contribution is 7.92. The van der Waals surface area contributed by atoms with E-state index in [1.165, 1.54) is 49.5 Å². The summed E-state index contributed by atoms with van der Waals surface area (Å²) in [6.07, 6.45) is 2.43. The number of hydrogen-bond acceptors (Lipinski definition) is 9. The fourth-order valence-corrected chi connectivity index (χ4v) is 5.74. The van der Waals surface area contributed by atoms with Crippen LogP contribution in [-0.2, 0) is 24.8 Å². The van der Waals surface area contributed by atoms with Crippen LogP contribution in [0.25, 0.3) is 0 Å². The fraction of sp³-hybridized carbons (Fsp3) is 0.261. The maximum Gasteiger partial charge on any atom is 0.264 e. The highest BCUT2D eigenvalue weighted by atomic mass is 32.2. The monoisotopic (exact) mass is 547 g/mol. The first-order valence-electron chi connectivity index (χ1n) is 11.1. The second-order valence-electron chi connectivity index (χ2n) is 8.20. The number of amides is 1. The standard InChI is InChI=1S/C23H25N5O7S2/c1-15-10-11-24-23(25-15)27-37(32,33)19-7-4-17(5-8-19)26-22(29)16(2)28(36(3,30)31)18-6-9-20-21(14-18)35-13-12-34-20/h4-11,14,16H,12-13H2,1-3H3,(H,26,29)(H,24,25,27)/t16-/m1/s1. The number of sulfonamides is 2. The molecule has 2 aromatic carbocycles. The van der Waals surface area contributed by atoms with Crippen molar-refractivity contribution in [3.63, 3.8) is 0 Å². The van der Waals surface area contributed by atoms with Crippen molar-refractivity contribution in [3.8, 4) is 11.5 Å². The lowest BCUT2D eigenvalue weighted by molar-refractivity contribution is -0.116. The van der Waals surface area contributed by atoms with E-state index < -0.39 is 32.0 Å². The Kier molecular flexibility index (Phi) is 7.23. The van der Waals surface area contributed by atoms with E-state index >= 15 is 0 Å². The Hall–Kier alpha value is -3.91. The van der Waals surface area contributed by atoms with Gasteiger partial charge in [0, 0.05) is 23.6 Å². The Morgan fingerprint density at radius 1 is 1.00 bits per heavy atom. The molecule has 0 bridgehead atoms. The first kappa shape index (κ1) is 26.2. The predicted molar refractivity (Wildman–Crippen MR) is 137 cm³/mol. The van der Waals surface area contributed by atoms with Crippen LogP contribution in [-0.4, -0.2) is 58.2 Å². The zero-order valence-electron chi connectivity index (χ0n) is 20.2. The minimum atomic E-state index is -3.97. The molecule has 14 heteroatoms. The summed E-state index contributed by atoms with van der Waals surface area (Å²) in [5.41, 5.74) is 1.11. The zero-order valence-corrected chi connectivity index (χ0v) is 21.8. The largest absolute Gasteiger partial charge is 0.486 e. The number of nitrogens with zero attached hydrogens (tertiary/aromatic N) is 3. The van der Waals surface area contributed by atoms with Gasteiger partial charge in [0.25, 0.3) is 10.0 Å². The van der Waals surface area contributed by atoms with E-state index in [4.69, 9.17) is 9.47 Å². The summed E-state index contributed by atoms with van der Waals surface area (Å²) in [5, 5.41) is 2.62. The van der Waals surface area contributed by atoms with E-state index in [-0.39, 0.29) is 22.2 Å². The SMILES string of the molecule is Cc1ccnc(NS(=O)(=O)c2ccc(NC(=O)[C@@H](C)N(c3ccc4c(c3)OCCO4)S(C)(=O)=O)cc2)n1. The molecule has 2 heterocycles. The van der Waals surface area contributed by atoms with Gasteiger partial charge in [-0.3, -0.25) is 9.10 Å². The fourth-order valence-electron chi connectivity index (χ4n) is 3.62. The van der Waals surface area contributed by atoms with Crippen LogP contribution in [0, 0.1) is 6.92 Å². The van der Waals surface area contributed by atoms with Gasteiger partial charge in [-0.25, -0.2) is 31.5 Å². The number of aryl methyl sites for hydroxylation is 1. The number of fused-ring (bicyclic) bond motifs is 1. The number of benzene rings is 2. The smallest absolute Gasteiger partial charge is 0.264 e. The molecule has 1 aliphatic rings. The van der Waals surface area contributed by atoms with E-state index in [0.717, 1.165) is 10.6 Å². The lowest BCUT2D eigenvalue weighted by Crippen LogP contribution is -2.45. The number of carbonyl (C=O) groups is 1. The van der Waals surface area contributed by atoms with Crippen LogP contribution in [0.1, 0.15) is 12.6 Å². The molecule has 4 rings (SSSR count). The van der Waals surface area contributed by atoms with E-state index in [1.807, 2.05) is 0 Å². The molecule has 0 saturated carbocycles. The number of anilines is 3. The van der Waals surface area contributed by atoms with Gasteiger partial charge in [-0.1, -0.05) is 0 Å². The van der Waals surface area contributed by atoms with E-state index in [1.54, 1.807) is 19.1 Å². The summed E-state index contributed by atoms with van der Waals surface area (Å²) < 4.78 is 64.8. The summed E-state index contributed by atoms with van der Waals surface area (Å²) in [6, 6.07) is 10.5. The molecular weight excluding hydrogens is 522 g/mol.